The standard InChI is InChI=1S/C22H24N8O2/c31-18-13-15(20(32)26-18)12-16-14-24-30-19(16)27-21(23-8-11-29-9-4-5-10-29)28-22(30)25-17-6-2-1-3-7-17/h1-3,6-7,12,14H,4-5,8-11,13H2,(H,26,31,32)(H2,23,25,27,28)/b15-12+. The summed E-state index contributed by atoms with van der Waals surface area (Å²) in [6.45, 7) is 3.91. The second kappa shape index (κ2) is 8.75. The number of hydrogen-bond donors (Lipinski definition) is 3. The van der Waals surface area contributed by atoms with E-state index in [1.165, 1.54) is 12.8 Å². The van der Waals surface area contributed by atoms with Gasteiger partial charge in [0.15, 0.2) is 5.65 Å². The number of rotatable bonds is 7. The predicted octanol–water partition coefficient (Wildman–Crippen LogP) is 1.81. The summed E-state index contributed by atoms with van der Waals surface area (Å²) < 4.78 is 1.60. The van der Waals surface area contributed by atoms with E-state index in [0.29, 0.717) is 28.7 Å². The van der Waals surface area contributed by atoms with Crippen molar-refractivity contribution in [2.45, 2.75) is 19.3 Å². The molecule has 0 saturated carbocycles. The number of carbonyl (C=O) groups excluding carboxylic acids is 2. The number of fused-ring (bicyclic) bond motifs is 1. The maximum atomic E-state index is 12.0. The van der Waals surface area contributed by atoms with E-state index in [1.54, 1.807) is 16.8 Å². The van der Waals surface area contributed by atoms with Gasteiger partial charge in [0.05, 0.1) is 12.6 Å². The minimum atomic E-state index is -0.380. The zero-order valence-corrected chi connectivity index (χ0v) is 17.5. The molecule has 0 spiro atoms. The molecule has 4 heterocycles. The van der Waals surface area contributed by atoms with Crippen LogP contribution in [0, 0.1) is 0 Å². The monoisotopic (exact) mass is 432 g/mol. The number of amides is 2. The van der Waals surface area contributed by atoms with Gasteiger partial charge in [0, 0.05) is 29.9 Å². The van der Waals surface area contributed by atoms with Crippen molar-refractivity contribution in [3.63, 3.8) is 0 Å². The van der Waals surface area contributed by atoms with Crippen LogP contribution in [0.1, 0.15) is 24.8 Å². The number of anilines is 3. The van der Waals surface area contributed by atoms with Crippen molar-refractivity contribution < 1.29 is 9.59 Å². The lowest BCUT2D eigenvalue weighted by atomic mass is 10.1. The Balaban J connectivity index is 1.47. The van der Waals surface area contributed by atoms with Crippen molar-refractivity contribution in [2.24, 2.45) is 0 Å². The molecule has 164 valence electrons. The average Bonchev–Trinajstić information content (AvgIpc) is 3.51. The van der Waals surface area contributed by atoms with Crippen molar-refractivity contribution in [1.29, 1.82) is 0 Å². The van der Waals surface area contributed by atoms with Gasteiger partial charge in [-0.2, -0.15) is 19.6 Å². The molecule has 2 saturated heterocycles. The first-order valence-electron chi connectivity index (χ1n) is 10.7. The first-order valence-corrected chi connectivity index (χ1v) is 10.7. The first kappa shape index (κ1) is 20.1. The molecular formula is C22H24N8O2. The topological polar surface area (TPSA) is 117 Å². The maximum Gasteiger partial charge on any atom is 0.254 e. The number of aromatic nitrogens is 4. The maximum absolute atomic E-state index is 12.0. The minimum Gasteiger partial charge on any atom is -0.353 e. The zero-order valence-electron chi connectivity index (χ0n) is 17.5. The van der Waals surface area contributed by atoms with E-state index in [0.717, 1.165) is 31.9 Å². The predicted molar refractivity (Wildman–Crippen MR) is 120 cm³/mol. The Morgan fingerprint density at radius 2 is 1.91 bits per heavy atom. The highest BCUT2D eigenvalue weighted by atomic mass is 16.2. The smallest absolute Gasteiger partial charge is 0.254 e. The van der Waals surface area contributed by atoms with E-state index in [-0.39, 0.29) is 18.2 Å². The number of likely N-dealkylation sites (tertiary alicyclic amines) is 1. The third-order valence-electron chi connectivity index (χ3n) is 5.56. The summed E-state index contributed by atoms with van der Waals surface area (Å²) in [6, 6.07) is 9.69. The SMILES string of the molecule is O=C1C/C(=C\c2cnn3c(Nc4ccccc4)nc(NCCN4CCCC4)nc23)C(=O)N1. The number of nitrogens with zero attached hydrogens (tertiary/aromatic N) is 5. The van der Waals surface area contributed by atoms with E-state index in [4.69, 9.17) is 0 Å². The quantitative estimate of drug-likeness (QED) is 0.382. The third kappa shape index (κ3) is 4.30. The average molecular weight is 432 g/mol. The van der Waals surface area contributed by atoms with Crippen LogP contribution in [0.2, 0.25) is 0 Å². The molecule has 0 radical (unpaired) electrons. The fourth-order valence-corrected chi connectivity index (χ4v) is 3.95. The van der Waals surface area contributed by atoms with Crippen molar-refractivity contribution in [3.05, 3.63) is 47.7 Å². The van der Waals surface area contributed by atoms with E-state index in [1.807, 2.05) is 30.3 Å². The Kier molecular flexibility index (Phi) is 5.51. The molecule has 2 aliphatic heterocycles. The van der Waals surface area contributed by atoms with Crippen LogP contribution in [-0.2, 0) is 9.59 Å². The molecule has 2 aliphatic rings. The lowest BCUT2D eigenvalue weighted by Gasteiger charge is -2.15. The van der Waals surface area contributed by atoms with Crippen LogP contribution in [-0.4, -0.2) is 62.5 Å². The Morgan fingerprint density at radius 3 is 2.66 bits per heavy atom. The molecule has 2 fully saturated rings. The molecule has 0 aliphatic carbocycles. The molecule has 32 heavy (non-hydrogen) atoms. The van der Waals surface area contributed by atoms with Crippen LogP contribution in [0.3, 0.4) is 0 Å². The van der Waals surface area contributed by atoms with Crippen molar-refractivity contribution in [1.82, 2.24) is 29.8 Å². The van der Waals surface area contributed by atoms with Crippen molar-refractivity contribution >= 4 is 41.1 Å². The highest BCUT2D eigenvalue weighted by Crippen LogP contribution is 2.22. The Morgan fingerprint density at radius 1 is 1.09 bits per heavy atom. The largest absolute Gasteiger partial charge is 0.353 e. The molecule has 1 aromatic carbocycles. The summed E-state index contributed by atoms with van der Waals surface area (Å²) >= 11 is 0. The molecule has 5 rings (SSSR count). The number of para-hydroxylation sites is 1. The molecule has 2 aromatic heterocycles. The fraction of sp³-hybridized carbons (Fsp3) is 0.318. The Labute approximate surface area is 184 Å². The molecule has 2 amide bonds. The van der Waals surface area contributed by atoms with Gasteiger partial charge in [-0.3, -0.25) is 14.9 Å². The van der Waals surface area contributed by atoms with Crippen LogP contribution in [0.5, 0.6) is 0 Å². The summed E-state index contributed by atoms with van der Waals surface area (Å²) in [5.74, 6) is 0.293. The Bertz CT molecular complexity index is 1180. The molecule has 0 bridgehead atoms. The van der Waals surface area contributed by atoms with Crippen LogP contribution >= 0.6 is 0 Å². The second-order valence-corrected chi connectivity index (χ2v) is 7.90. The molecular weight excluding hydrogens is 408 g/mol. The van der Waals surface area contributed by atoms with E-state index >= 15 is 0 Å². The summed E-state index contributed by atoms with van der Waals surface area (Å²) in [4.78, 5) is 35.2. The lowest BCUT2D eigenvalue weighted by molar-refractivity contribution is -0.124. The van der Waals surface area contributed by atoms with Gasteiger partial charge in [-0.05, 0) is 44.1 Å². The van der Waals surface area contributed by atoms with Crippen LogP contribution < -0.4 is 16.0 Å². The molecule has 10 heteroatoms. The third-order valence-corrected chi connectivity index (χ3v) is 5.56. The lowest BCUT2D eigenvalue weighted by Crippen LogP contribution is -2.26. The molecule has 10 nitrogen and oxygen atoms in total. The fourth-order valence-electron chi connectivity index (χ4n) is 3.95. The van der Waals surface area contributed by atoms with Gasteiger partial charge in [0.25, 0.3) is 5.91 Å². The first-order chi connectivity index (χ1) is 15.7. The molecule has 3 aromatic rings. The van der Waals surface area contributed by atoms with Gasteiger partial charge in [-0.25, -0.2) is 0 Å². The zero-order chi connectivity index (χ0) is 21.9. The summed E-state index contributed by atoms with van der Waals surface area (Å²) in [7, 11) is 0. The van der Waals surface area contributed by atoms with Crippen LogP contribution in [0.15, 0.2) is 42.1 Å². The molecule has 3 N–H and O–H groups in total. The van der Waals surface area contributed by atoms with Gasteiger partial charge >= 0.3 is 0 Å². The van der Waals surface area contributed by atoms with Crippen molar-refractivity contribution in [3.8, 4) is 0 Å². The summed E-state index contributed by atoms with van der Waals surface area (Å²) in [5, 5.41) is 13.3. The van der Waals surface area contributed by atoms with Gasteiger partial charge in [-0.1, -0.05) is 18.2 Å². The van der Waals surface area contributed by atoms with Crippen molar-refractivity contribution in [2.75, 3.05) is 36.8 Å². The summed E-state index contributed by atoms with van der Waals surface area (Å²) in [5.41, 5.74) is 2.45. The van der Waals surface area contributed by atoms with Crippen LogP contribution in [0.25, 0.3) is 11.7 Å². The second-order valence-electron chi connectivity index (χ2n) is 7.90. The van der Waals surface area contributed by atoms with Gasteiger partial charge in [0.2, 0.25) is 17.8 Å². The number of imide groups is 1. The number of hydrogen-bond acceptors (Lipinski definition) is 8. The van der Waals surface area contributed by atoms with E-state index < -0.39 is 0 Å². The summed E-state index contributed by atoms with van der Waals surface area (Å²) in [6.07, 6.45) is 5.83. The van der Waals surface area contributed by atoms with E-state index in [2.05, 4.69) is 35.9 Å². The highest BCUT2D eigenvalue weighted by Gasteiger charge is 2.24. The normalized spacial score (nSPS) is 17.9. The molecule has 0 atom stereocenters. The highest BCUT2D eigenvalue weighted by molar-refractivity contribution is 6.15. The Hall–Kier alpha value is -3.79. The number of carbonyl (C=O) groups is 2. The number of benzene rings is 1. The van der Waals surface area contributed by atoms with Gasteiger partial charge in [0.1, 0.15) is 0 Å². The number of nitrogens with one attached hydrogen (secondary N) is 3. The van der Waals surface area contributed by atoms with Gasteiger partial charge < -0.3 is 15.5 Å². The van der Waals surface area contributed by atoms with Gasteiger partial charge in [-0.15, -0.1) is 0 Å². The van der Waals surface area contributed by atoms with E-state index in [9.17, 15) is 9.59 Å². The van der Waals surface area contributed by atoms with Crippen LogP contribution in [0.4, 0.5) is 17.6 Å². The minimum absolute atomic E-state index is 0.0529. The molecule has 0 unspecified atom stereocenters.